The molecule has 0 bridgehead atoms. The third-order valence-electron chi connectivity index (χ3n) is 2.49. The molecule has 0 N–H and O–H groups in total. The normalized spacial score (nSPS) is 10.5. The predicted octanol–water partition coefficient (Wildman–Crippen LogP) is 5.00. The van der Waals surface area contributed by atoms with Gasteiger partial charge in [-0.2, -0.15) is 0 Å². The monoisotopic (exact) mass is 212 g/mol. The molecule has 0 atom stereocenters. The zero-order chi connectivity index (χ0) is 11.6. The van der Waals surface area contributed by atoms with Crippen LogP contribution in [0.3, 0.4) is 0 Å². The fourth-order valence-corrected chi connectivity index (χ4v) is 1.52. The third kappa shape index (κ3) is 4.79. The van der Waals surface area contributed by atoms with Gasteiger partial charge in [0.05, 0.1) is 0 Å². The fourth-order valence-electron chi connectivity index (χ4n) is 1.52. The van der Waals surface area contributed by atoms with Crippen molar-refractivity contribution in [3.8, 4) is 0 Å². The quantitative estimate of drug-likeness (QED) is 0.440. The van der Waals surface area contributed by atoms with Gasteiger partial charge in [0.1, 0.15) is 0 Å². The first-order valence-corrected chi connectivity index (χ1v) is 5.83. The van der Waals surface area contributed by atoms with Crippen LogP contribution in [-0.4, -0.2) is 0 Å². The Morgan fingerprint density at radius 1 is 1.06 bits per heavy atom. The minimum atomic E-state index is 0.943. The lowest BCUT2D eigenvalue weighted by molar-refractivity contribution is 0.868. The number of rotatable bonds is 7. The van der Waals surface area contributed by atoms with Crippen molar-refractivity contribution in [1.29, 1.82) is 0 Å². The van der Waals surface area contributed by atoms with Crippen LogP contribution in [0.25, 0.3) is 5.57 Å². The first-order chi connectivity index (χ1) is 7.84. The third-order valence-corrected chi connectivity index (χ3v) is 2.49. The first kappa shape index (κ1) is 12.5. The highest BCUT2D eigenvalue weighted by atomic mass is 14.0. The molecule has 0 aromatic heterocycles. The second-order valence-electron chi connectivity index (χ2n) is 3.86. The Bertz CT molecular complexity index is 344. The summed E-state index contributed by atoms with van der Waals surface area (Å²) in [6.45, 7) is 7.80. The largest absolute Gasteiger partial charge is 0.103 e. The van der Waals surface area contributed by atoms with Gasteiger partial charge in [-0.15, -0.1) is 6.58 Å². The van der Waals surface area contributed by atoms with E-state index < -0.39 is 0 Å². The van der Waals surface area contributed by atoms with Crippen molar-refractivity contribution in [3.63, 3.8) is 0 Å². The van der Waals surface area contributed by atoms with Gasteiger partial charge in [0.25, 0.3) is 0 Å². The topological polar surface area (TPSA) is 0 Å². The second-order valence-corrected chi connectivity index (χ2v) is 3.86. The van der Waals surface area contributed by atoms with Gasteiger partial charge in [0, 0.05) is 0 Å². The molecule has 0 heterocycles. The lowest BCUT2D eigenvalue weighted by Crippen LogP contribution is -1.79. The molecule has 0 radical (unpaired) electrons. The summed E-state index contributed by atoms with van der Waals surface area (Å²) >= 11 is 0. The minimum Gasteiger partial charge on any atom is -0.103 e. The number of hydrogen-bond acceptors (Lipinski definition) is 0. The average molecular weight is 212 g/mol. The van der Waals surface area contributed by atoms with E-state index in [1.165, 1.54) is 17.6 Å². The molecule has 0 fully saturated rings. The van der Waals surface area contributed by atoms with Gasteiger partial charge in [-0.3, -0.25) is 0 Å². The SMILES string of the molecule is C=CCCC/C=C/CC(=C)c1ccccc1. The van der Waals surface area contributed by atoms with Crippen LogP contribution < -0.4 is 0 Å². The van der Waals surface area contributed by atoms with Crippen molar-refractivity contribution < 1.29 is 0 Å². The molecule has 1 aromatic carbocycles. The van der Waals surface area contributed by atoms with E-state index in [-0.39, 0.29) is 0 Å². The highest BCUT2D eigenvalue weighted by Gasteiger charge is 1.93. The average Bonchev–Trinajstić information content (AvgIpc) is 2.34. The van der Waals surface area contributed by atoms with E-state index in [2.05, 4.69) is 37.4 Å². The molecule has 1 aromatic rings. The summed E-state index contributed by atoms with van der Waals surface area (Å²) in [6.07, 6.45) is 10.8. The molecule has 0 saturated carbocycles. The number of hydrogen-bond donors (Lipinski definition) is 0. The molecule has 0 aliphatic rings. The van der Waals surface area contributed by atoms with Crippen LogP contribution >= 0.6 is 0 Å². The van der Waals surface area contributed by atoms with Gasteiger partial charge < -0.3 is 0 Å². The van der Waals surface area contributed by atoms with E-state index in [1.54, 1.807) is 0 Å². The molecule has 0 nitrogen and oxygen atoms in total. The molecule has 84 valence electrons. The Balaban J connectivity index is 2.28. The lowest BCUT2D eigenvalue weighted by Gasteiger charge is -2.01. The second kappa shape index (κ2) is 7.70. The molecule has 0 saturated heterocycles. The maximum absolute atomic E-state index is 4.09. The van der Waals surface area contributed by atoms with Crippen LogP contribution in [0.2, 0.25) is 0 Å². The fraction of sp³-hybridized carbons (Fsp3) is 0.250. The summed E-state index contributed by atoms with van der Waals surface area (Å²) < 4.78 is 0. The molecule has 0 aliphatic carbocycles. The summed E-state index contributed by atoms with van der Waals surface area (Å²) in [6, 6.07) is 10.3. The molecule has 0 spiro atoms. The highest BCUT2D eigenvalue weighted by molar-refractivity contribution is 5.64. The zero-order valence-electron chi connectivity index (χ0n) is 9.86. The summed E-state index contributed by atoms with van der Waals surface area (Å²) in [7, 11) is 0. The minimum absolute atomic E-state index is 0.943. The molecular formula is C16H20. The Kier molecular flexibility index (Phi) is 6.02. The van der Waals surface area contributed by atoms with Crippen molar-refractivity contribution >= 4 is 5.57 Å². The maximum atomic E-state index is 4.09. The van der Waals surface area contributed by atoms with Crippen molar-refractivity contribution in [2.45, 2.75) is 25.7 Å². The van der Waals surface area contributed by atoms with Crippen LogP contribution in [0, 0.1) is 0 Å². The van der Waals surface area contributed by atoms with E-state index in [9.17, 15) is 0 Å². The van der Waals surface area contributed by atoms with Gasteiger partial charge in [0.15, 0.2) is 0 Å². The van der Waals surface area contributed by atoms with E-state index >= 15 is 0 Å². The Labute approximate surface area is 99.0 Å². The summed E-state index contributed by atoms with van der Waals surface area (Å²) in [5.41, 5.74) is 2.42. The Morgan fingerprint density at radius 3 is 2.50 bits per heavy atom. The van der Waals surface area contributed by atoms with Gasteiger partial charge in [0.2, 0.25) is 0 Å². The summed E-state index contributed by atoms with van der Waals surface area (Å²) in [4.78, 5) is 0. The highest BCUT2D eigenvalue weighted by Crippen LogP contribution is 2.15. The van der Waals surface area contributed by atoms with Gasteiger partial charge in [-0.25, -0.2) is 0 Å². The first-order valence-electron chi connectivity index (χ1n) is 5.83. The Hall–Kier alpha value is -1.56. The number of allylic oxidation sites excluding steroid dienone is 4. The molecular weight excluding hydrogens is 192 g/mol. The van der Waals surface area contributed by atoms with E-state index in [4.69, 9.17) is 0 Å². The summed E-state index contributed by atoms with van der Waals surface area (Å²) in [5, 5.41) is 0. The zero-order valence-corrected chi connectivity index (χ0v) is 9.86. The molecule has 16 heavy (non-hydrogen) atoms. The predicted molar refractivity (Wildman–Crippen MR) is 73.3 cm³/mol. The Morgan fingerprint density at radius 2 is 1.81 bits per heavy atom. The van der Waals surface area contributed by atoms with Crippen molar-refractivity contribution in [2.75, 3.05) is 0 Å². The van der Waals surface area contributed by atoms with Crippen molar-refractivity contribution in [2.24, 2.45) is 0 Å². The standard InChI is InChI=1S/C16H20/c1-3-4-5-6-7-9-12-15(2)16-13-10-8-11-14-16/h3,7-11,13-14H,1-2,4-6,12H2/b9-7+. The van der Waals surface area contributed by atoms with E-state index in [1.807, 2.05) is 24.3 Å². The lowest BCUT2D eigenvalue weighted by atomic mass is 10.0. The van der Waals surface area contributed by atoms with Crippen LogP contribution in [0.5, 0.6) is 0 Å². The maximum Gasteiger partial charge on any atom is -0.00974 e. The summed E-state index contributed by atoms with van der Waals surface area (Å²) in [5.74, 6) is 0. The molecule has 0 unspecified atom stereocenters. The van der Waals surface area contributed by atoms with Gasteiger partial charge >= 0.3 is 0 Å². The molecule has 0 amide bonds. The van der Waals surface area contributed by atoms with Gasteiger partial charge in [-0.05, 0) is 36.8 Å². The molecule has 1 rings (SSSR count). The number of unbranched alkanes of at least 4 members (excludes halogenated alkanes) is 2. The van der Waals surface area contributed by atoms with Gasteiger partial charge in [-0.1, -0.05) is 55.1 Å². The van der Waals surface area contributed by atoms with Crippen LogP contribution in [0.4, 0.5) is 0 Å². The molecule has 0 aliphatic heterocycles. The smallest absolute Gasteiger partial charge is 0.00974 e. The van der Waals surface area contributed by atoms with Crippen LogP contribution in [0.1, 0.15) is 31.2 Å². The molecule has 0 heteroatoms. The van der Waals surface area contributed by atoms with Crippen LogP contribution in [0.15, 0.2) is 61.7 Å². The van der Waals surface area contributed by atoms with E-state index in [0.717, 1.165) is 19.3 Å². The van der Waals surface area contributed by atoms with Crippen molar-refractivity contribution in [3.05, 3.63) is 67.3 Å². The van der Waals surface area contributed by atoms with E-state index in [0.29, 0.717) is 0 Å². The number of benzene rings is 1. The van der Waals surface area contributed by atoms with Crippen LogP contribution in [-0.2, 0) is 0 Å². The van der Waals surface area contributed by atoms with Crippen molar-refractivity contribution in [1.82, 2.24) is 0 Å².